The smallest absolute Gasteiger partial charge is 0.410 e. The summed E-state index contributed by atoms with van der Waals surface area (Å²) in [6.45, 7) is 0. The van der Waals surface area contributed by atoms with Gasteiger partial charge in [0.05, 0.1) is 7.11 Å². The van der Waals surface area contributed by atoms with Crippen LogP contribution in [-0.2, 0) is 14.3 Å². The van der Waals surface area contributed by atoms with Crippen molar-refractivity contribution in [1.29, 1.82) is 0 Å². The van der Waals surface area contributed by atoms with Crippen molar-refractivity contribution >= 4 is 12.0 Å². The van der Waals surface area contributed by atoms with Gasteiger partial charge in [0, 0.05) is 0 Å². The number of carbonyl (C=O) groups excluding carboxylic acids is 2. The molecule has 0 rings (SSSR count). The van der Waals surface area contributed by atoms with E-state index in [1.165, 1.54) is 0 Å². The summed E-state index contributed by atoms with van der Waals surface area (Å²) >= 11 is 0. The number of carbonyl (C=O) groups is 2. The van der Waals surface area contributed by atoms with E-state index in [4.69, 9.17) is 0 Å². The number of ether oxygens (including phenoxy) is 1. The number of methoxy groups -OCH3 is 1. The first-order valence-electron chi connectivity index (χ1n) is 5.23. The predicted octanol–water partition coefficient (Wildman–Crippen LogP) is 3.47. The molecule has 0 amide bonds. The fourth-order valence-corrected chi connectivity index (χ4v) is 1.17. The van der Waals surface area contributed by atoms with Crippen molar-refractivity contribution in [3.05, 3.63) is 0 Å². The second-order valence-corrected chi connectivity index (χ2v) is 4.21. The molecule has 0 aliphatic rings. The molecule has 0 N–H and O–H groups in total. The van der Waals surface area contributed by atoms with Gasteiger partial charge in [-0.05, 0) is 0 Å². The Kier molecular flexibility index (Phi) is 5.48. The molecule has 0 saturated heterocycles. The average molecular weight is 406 g/mol. The minimum atomic E-state index is -8.13. The van der Waals surface area contributed by atoms with Crippen LogP contribution in [0.1, 0.15) is 0 Å². The number of hydrogen-bond acceptors (Lipinski definition) is 3. The lowest BCUT2D eigenvalue weighted by Crippen LogP contribution is -2.72. The topological polar surface area (TPSA) is 43.4 Å². The standard InChI is InChI=1S/C9H3F13O3/c1-25-3(24)5(13,14)7(17,18)9(21,22)8(19,20)6(15,16)4(11,12)2(10)23/h1H3. The van der Waals surface area contributed by atoms with Crippen LogP contribution in [0.4, 0.5) is 57.1 Å². The quantitative estimate of drug-likeness (QED) is 0.370. The lowest BCUT2D eigenvalue weighted by atomic mass is 9.91. The van der Waals surface area contributed by atoms with E-state index in [-0.39, 0.29) is 7.11 Å². The van der Waals surface area contributed by atoms with Crippen molar-refractivity contribution in [3.8, 4) is 0 Å². The minimum absolute atomic E-state index is 0.118. The number of alkyl halides is 12. The Labute approximate surface area is 127 Å². The summed E-state index contributed by atoms with van der Waals surface area (Å²) in [7, 11) is -0.118. The van der Waals surface area contributed by atoms with Gasteiger partial charge in [0.25, 0.3) is 0 Å². The van der Waals surface area contributed by atoms with Gasteiger partial charge < -0.3 is 4.74 Å². The van der Waals surface area contributed by atoms with Crippen LogP contribution in [0, 0.1) is 0 Å². The first-order valence-corrected chi connectivity index (χ1v) is 5.23. The summed E-state index contributed by atoms with van der Waals surface area (Å²) < 4.78 is 169. The summed E-state index contributed by atoms with van der Waals surface area (Å²) in [5.41, 5.74) is 0. The molecule has 0 spiro atoms. The normalized spacial score (nSPS) is 15.1. The van der Waals surface area contributed by atoms with Gasteiger partial charge in [-0.3, -0.25) is 4.79 Å². The Bertz CT molecular complexity index is 553. The van der Waals surface area contributed by atoms with Gasteiger partial charge in [0.15, 0.2) is 0 Å². The molecule has 148 valence electrons. The second kappa shape index (κ2) is 5.89. The van der Waals surface area contributed by atoms with Gasteiger partial charge in [-0.1, -0.05) is 0 Å². The minimum Gasteiger partial charge on any atom is -0.464 e. The Morgan fingerprint density at radius 1 is 0.600 bits per heavy atom. The summed E-state index contributed by atoms with van der Waals surface area (Å²) in [5.74, 6) is -49.6. The predicted molar refractivity (Wildman–Crippen MR) is 47.8 cm³/mol. The van der Waals surface area contributed by atoms with E-state index >= 15 is 0 Å². The maximum Gasteiger partial charge on any atom is 0.410 e. The fourth-order valence-electron chi connectivity index (χ4n) is 1.17. The van der Waals surface area contributed by atoms with Crippen molar-refractivity contribution in [2.75, 3.05) is 7.11 Å². The van der Waals surface area contributed by atoms with Crippen LogP contribution >= 0.6 is 0 Å². The first-order chi connectivity index (χ1) is 10.7. The Balaban J connectivity index is 6.49. The third kappa shape index (κ3) is 2.78. The Morgan fingerprint density at radius 2 is 0.880 bits per heavy atom. The van der Waals surface area contributed by atoms with E-state index in [0.29, 0.717) is 0 Å². The highest BCUT2D eigenvalue weighted by molar-refractivity contribution is 5.79. The summed E-state index contributed by atoms with van der Waals surface area (Å²) in [4.78, 5) is 19.9. The number of esters is 1. The van der Waals surface area contributed by atoms with Gasteiger partial charge >= 0.3 is 47.5 Å². The lowest BCUT2D eigenvalue weighted by molar-refractivity contribution is -0.416. The van der Waals surface area contributed by atoms with Crippen LogP contribution in [0.2, 0.25) is 0 Å². The van der Waals surface area contributed by atoms with Crippen LogP contribution in [0.3, 0.4) is 0 Å². The van der Waals surface area contributed by atoms with E-state index in [9.17, 15) is 66.7 Å². The molecule has 0 aliphatic heterocycles. The zero-order valence-corrected chi connectivity index (χ0v) is 11.1. The van der Waals surface area contributed by atoms with Gasteiger partial charge in [-0.15, -0.1) is 0 Å². The third-order valence-electron chi connectivity index (χ3n) is 2.66. The zero-order valence-electron chi connectivity index (χ0n) is 11.1. The molecule has 3 nitrogen and oxygen atoms in total. The monoisotopic (exact) mass is 406 g/mol. The van der Waals surface area contributed by atoms with Gasteiger partial charge in [-0.2, -0.15) is 57.1 Å². The molecule has 25 heavy (non-hydrogen) atoms. The van der Waals surface area contributed by atoms with Gasteiger partial charge in [0.1, 0.15) is 0 Å². The molecule has 0 heterocycles. The van der Waals surface area contributed by atoms with E-state index in [1.807, 2.05) is 0 Å². The molecule has 0 aromatic carbocycles. The Morgan fingerprint density at radius 3 is 1.12 bits per heavy atom. The van der Waals surface area contributed by atoms with E-state index in [0.717, 1.165) is 0 Å². The fraction of sp³-hybridized carbons (Fsp3) is 0.778. The van der Waals surface area contributed by atoms with Crippen LogP contribution in [0.15, 0.2) is 0 Å². The summed E-state index contributed by atoms with van der Waals surface area (Å²) in [5, 5.41) is 0. The summed E-state index contributed by atoms with van der Waals surface area (Å²) in [6.07, 6.45) is 0. The molecular weight excluding hydrogens is 403 g/mol. The molecular formula is C9H3F13O3. The molecule has 0 aromatic rings. The molecule has 0 unspecified atom stereocenters. The van der Waals surface area contributed by atoms with Gasteiger partial charge in [0.2, 0.25) is 0 Å². The number of hydrogen-bond donors (Lipinski definition) is 0. The third-order valence-corrected chi connectivity index (χ3v) is 2.66. The van der Waals surface area contributed by atoms with Crippen molar-refractivity contribution in [3.63, 3.8) is 0 Å². The molecule has 0 fully saturated rings. The van der Waals surface area contributed by atoms with Crippen molar-refractivity contribution in [2.24, 2.45) is 0 Å². The van der Waals surface area contributed by atoms with Crippen molar-refractivity contribution < 1.29 is 71.4 Å². The molecule has 0 atom stereocenters. The SMILES string of the molecule is COC(=O)C(F)(F)C(F)(F)C(F)(F)C(F)(F)C(F)(F)C(F)(F)C(=O)F. The second-order valence-electron chi connectivity index (χ2n) is 4.21. The largest absolute Gasteiger partial charge is 0.464 e. The van der Waals surface area contributed by atoms with E-state index in [2.05, 4.69) is 4.74 Å². The number of halogens is 13. The van der Waals surface area contributed by atoms with Crippen molar-refractivity contribution in [2.45, 2.75) is 35.5 Å². The lowest BCUT2D eigenvalue weighted by Gasteiger charge is -2.39. The Hall–Kier alpha value is -1.77. The highest BCUT2D eigenvalue weighted by atomic mass is 19.4. The summed E-state index contributed by atoms with van der Waals surface area (Å²) in [6, 6.07) is -4.64. The maximum absolute atomic E-state index is 13.0. The van der Waals surface area contributed by atoms with Crippen LogP contribution in [0.25, 0.3) is 0 Å². The van der Waals surface area contributed by atoms with Crippen LogP contribution < -0.4 is 0 Å². The van der Waals surface area contributed by atoms with Crippen LogP contribution in [0.5, 0.6) is 0 Å². The highest BCUT2D eigenvalue weighted by Crippen LogP contribution is 2.60. The molecule has 0 radical (unpaired) electrons. The first kappa shape index (κ1) is 23.2. The van der Waals surface area contributed by atoms with E-state index in [1.54, 1.807) is 0 Å². The van der Waals surface area contributed by atoms with Crippen LogP contribution in [-0.4, -0.2) is 54.7 Å². The molecule has 0 saturated carbocycles. The molecule has 16 heteroatoms. The van der Waals surface area contributed by atoms with Gasteiger partial charge in [-0.25, -0.2) is 4.79 Å². The number of rotatable bonds is 7. The maximum atomic E-state index is 13.0. The average Bonchev–Trinajstić information content (AvgIpc) is 2.44. The molecule has 0 bridgehead atoms. The highest BCUT2D eigenvalue weighted by Gasteiger charge is 2.92. The van der Waals surface area contributed by atoms with E-state index < -0.39 is 47.5 Å². The molecule has 0 aliphatic carbocycles. The zero-order chi connectivity index (χ0) is 20.9. The molecule has 0 aromatic heterocycles. The van der Waals surface area contributed by atoms with Crippen molar-refractivity contribution in [1.82, 2.24) is 0 Å².